The zero-order chi connectivity index (χ0) is 19.6. The predicted octanol–water partition coefficient (Wildman–Crippen LogP) is 3.32. The summed E-state index contributed by atoms with van der Waals surface area (Å²) in [6.45, 7) is 7.16. The second kappa shape index (κ2) is 7.40. The number of rotatable bonds is 4. The molecule has 1 heterocycles. The van der Waals surface area contributed by atoms with Crippen LogP contribution in [-0.4, -0.2) is 29.6 Å². The van der Waals surface area contributed by atoms with Gasteiger partial charge >= 0.3 is 0 Å². The van der Waals surface area contributed by atoms with Gasteiger partial charge in [0.25, 0.3) is 5.91 Å². The van der Waals surface area contributed by atoms with E-state index in [1.165, 1.54) is 5.56 Å². The third-order valence-corrected chi connectivity index (χ3v) is 4.84. The second-order valence-corrected chi connectivity index (χ2v) is 7.79. The van der Waals surface area contributed by atoms with Crippen LogP contribution in [0.3, 0.4) is 0 Å². The van der Waals surface area contributed by atoms with Gasteiger partial charge < -0.3 is 10.2 Å². The summed E-state index contributed by atoms with van der Waals surface area (Å²) in [4.78, 5) is 25.9. The van der Waals surface area contributed by atoms with Gasteiger partial charge in [-0.25, -0.2) is 5.48 Å². The van der Waals surface area contributed by atoms with E-state index in [0.717, 1.165) is 11.4 Å². The smallest absolute Gasteiger partial charge is 0.274 e. The SMILES string of the molecule is CC(C)(C)c1ccc(N2CCC(Nc3ccc(C(=O)NO)cc3)C2=O)cc1. The molecule has 2 amide bonds. The van der Waals surface area contributed by atoms with Crippen molar-refractivity contribution in [3.8, 4) is 0 Å². The number of carbonyl (C=O) groups is 2. The maximum absolute atomic E-state index is 12.8. The Morgan fingerprint density at radius 3 is 2.26 bits per heavy atom. The minimum atomic E-state index is -0.566. The fraction of sp³-hybridized carbons (Fsp3) is 0.333. The minimum absolute atomic E-state index is 0.0377. The first kappa shape index (κ1) is 18.9. The lowest BCUT2D eigenvalue weighted by Crippen LogP contribution is -2.33. The van der Waals surface area contributed by atoms with Gasteiger partial charge in [0, 0.05) is 23.5 Å². The molecule has 6 heteroatoms. The normalized spacial score (nSPS) is 17.1. The molecule has 1 atom stereocenters. The molecule has 2 aromatic rings. The number of nitrogens with one attached hydrogen (secondary N) is 2. The Morgan fingerprint density at radius 2 is 1.70 bits per heavy atom. The van der Waals surface area contributed by atoms with E-state index >= 15 is 0 Å². The summed E-state index contributed by atoms with van der Waals surface area (Å²) in [7, 11) is 0. The first-order chi connectivity index (χ1) is 12.8. The van der Waals surface area contributed by atoms with Crippen molar-refractivity contribution in [1.29, 1.82) is 0 Å². The van der Waals surface area contributed by atoms with Crippen LogP contribution in [0.15, 0.2) is 48.5 Å². The van der Waals surface area contributed by atoms with Gasteiger partial charge in [0.2, 0.25) is 5.91 Å². The molecule has 0 aromatic heterocycles. The number of hydroxylamine groups is 1. The fourth-order valence-corrected chi connectivity index (χ4v) is 3.20. The summed E-state index contributed by atoms with van der Waals surface area (Å²) in [5.41, 5.74) is 4.93. The van der Waals surface area contributed by atoms with E-state index in [1.807, 2.05) is 12.1 Å². The molecule has 3 N–H and O–H groups in total. The molecule has 0 aliphatic carbocycles. The highest BCUT2D eigenvalue weighted by molar-refractivity contribution is 6.01. The van der Waals surface area contributed by atoms with Crippen molar-refractivity contribution < 1.29 is 14.8 Å². The summed E-state index contributed by atoms with van der Waals surface area (Å²) in [5.74, 6) is -0.529. The largest absolute Gasteiger partial charge is 0.374 e. The van der Waals surface area contributed by atoms with E-state index in [4.69, 9.17) is 5.21 Å². The van der Waals surface area contributed by atoms with Gasteiger partial charge in [0.1, 0.15) is 6.04 Å². The first-order valence-electron chi connectivity index (χ1n) is 9.02. The standard InChI is InChI=1S/C21H25N3O3/c1-21(2,3)15-6-10-17(11-7-15)24-13-12-18(20(24)26)22-16-8-4-14(5-9-16)19(25)23-27/h4-11,18,22,27H,12-13H2,1-3H3,(H,23,25). The molecule has 1 unspecified atom stereocenters. The van der Waals surface area contributed by atoms with Crippen molar-refractivity contribution in [3.63, 3.8) is 0 Å². The zero-order valence-electron chi connectivity index (χ0n) is 15.8. The average molecular weight is 367 g/mol. The Kier molecular flexibility index (Phi) is 5.19. The van der Waals surface area contributed by atoms with Crippen LogP contribution in [0.1, 0.15) is 43.1 Å². The monoisotopic (exact) mass is 367 g/mol. The number of hydrogen-bond acceptors (Lipinski definition) is 4. The fourth-order valence-electron chi connectivity index (χ4n) is 3.20. The highest BCUT2D eigenvalue weighted by atomic mass is 16.5. The van der Waals surface area contributed by atoms with Crippen molar-refractivity contribution >= 4 is 23.2 Å². The predicted molar refractivity (Wildman–Crippen MR) is 105 cm³/mol. The summed E-state index contributed by atoms with van der Waals surface area (Å²) in [5, 5.41) is 11.9. The molecule has 3 rings (SSSR count). The van der Waals surface area contributed by atoms with Crippen molar-refractivity contribution in [2.45, 2.75) is 38.6 Å². The highest BCUT2D eigenvalue weighted by Gasteiger charge is 2.32. The van der Waals surface area contributed by atoms with Crippen LogP contribution in [0, 0.1) is 0 Å². The molecule has 2 aromatic carbocycles. The number of benzene rings is 2. The van der Waals surface area contributed by atoms with Gasteiger partial charge in [-0.3, -0.25) is 14.8 Å². The molecule has 0 radical (unpaired) electrons. The second-order valence-electron chi connectivity index (χ2n) is 7.79. The average Bonchev–Trinajstić information content (AvgIpc) is 3.01. The Hall–Kier alpha value is -2.86. The van der Waals surface area contributed by atoms with Crippen LogP contribution in [0.5, 0.6) is 0 Å². The molecule has 142 valence electrons. The van der Waals surface area contributed by atoms with Crippen molar-refractivity contribution in [2.75, 3.05) is 16.8 Å². The molecule has 1 saturated heterocycles. The number of hydrogen-bond donors (Lipinski definition) is 3. The highest BCUT2D eigenvalue weighted by Crippen LogP contribution is 2.28. The molecule has 1 fully saturated rings. The Bertz CT molecular complexity index is 823. The number of anilines is 2. The lowest BCUT2D eigenvalue weighted by atomic mass is 9.87. The van der Waals surface area contributed by atoms with E-state index in [-0.39, 0.29) is 17.4 Å². The van der Waals surface area contributed by atoms with Crippen molar-refractivity contribution in [2.24, 2.45) is 0 Å². The van der Waals surface area contributed by atoms with Crippen molar-refractivity contribution in [3.05, 3.63) is 59.7 Å². The molecule has 6 nitrogen and oxygen atoms in total. The Labute approximate surface area is 159 Å². The number of carbonyl (C=O) groups excluding carboxylic acids is 2. The van der Waals surface area contributed by atoms with Crippen LogP contribution in [0.4, 0.5) is 11.4 Å². The molecule has 0 saturated carbocycles. The number of amides is 2. The maximum atomic E-state index is 12.8. The van der Waals surface area contributed by atoms with Gasteiger partial charge in [-0.15, -0.1) is 0 Å². The van der Waals surface area contributed by atoms with E-state index < -0.39 is 5.91 Å². The van der Waals surface area contributed by atoms with E-state index in [0.29, 0.717) is 18.5 Å². The van der Waals surface area contributed by atoms with Crippen LogP contribution < -0.4 is 15.7 Å². The van der Waals surface area contributed by atoms with Crippen LogP contribution in [0.2, 0.25) is 0 Å². The molecule has 1 aliphatic heterocycles. The maximum Gasteiger partial charge on any atom is 0.274 e. The number of nitrogens with zero attached hydrogens (tertiary/aromatic N) is 1. The third kappa shape index (κ3) is 4.11. The van der Waals surface area contributed by atoms with Gasteiger partial charge in [0.15, 0.2) is 0 Å². The summed E-state index contributed by atoms with van der Waals surface area (Å²) in [6, 6.07) is 14.5. The molecule has 0 bridgehead atoms. The zero-order valence-corrected chi connectivity index (χ0v) is 15.8. The summed E-state index contributed by atoms with van der Waals surface area (Å²) < 4.78 is 0. The lowest BCUT2D eigenvalue weighted by molar-refractivity contribution is -0.117. The van der Waals surface area contributed by atoms with Crippen LogP contribution in [-0.2, 0) is 10.2 Å². The lowest BCUT2D eigenvalue weighted by Gasteiger charge is -2.22. The van der Waals surface area contributed by atoms with Gasteiger partial charge in [-0.2, -0.15) is 0 Å². The van der Waals surface area contributed by atoms with Crippen LogP contribution in [0.25, 0.3) is 0 Å². The Balaban J connectivity index is 1.67. The Morgan fingerprint density at radius 1 is 1.07 bits per heavy atom. The molecular weight excluding hydrogens is 342 g/mol. The quantitative estimate of drug-likeness (QED) is 0.572. The van der Waals surface area contributed by atoms with E-state index in [2.05, 4.69) is 38.2 Å². The van der Waals surface area contributed by atoms with E-state index in [9.17, 15) is 9.59 Å². The van der Waals surface area contributed by atoms with Crippen LogP contribution >= 0.6 is 0 Å². The molecule has 1 aliphatic rings. The van der Waals surface area contributed by atoms with E-state index in [1.54, 1.807) is 34.6 Å². The third-order valence-electron chi connectivity index (χ3n) is 4.84. The molecule has 27 heavy (non-hydrogen) atoms. The van der Waals surface area contributed by atoms with Gasteiger partial charge in [0.05, 0.1) is 0 Å². The van der Waals surface area contributed by atoms with Gasteiger partial charge in [-0.05, 0) is 53.8 Å². The topological polar surface area (TPSA) is 81.7 Å². The minimum Gasteiger partial charge on any atom is -0.374 e. The van der Waals surface area contributed by atoms with Gasteiger partial charge in [-0.1, -0.05) is 32.9 Å². The summed E-state index contributed by atoms with van der Waals surface area (Å²) in [6.07, 6.45) is 0.707. The summed E-state index contributed by atoms with van der Waals surface area (Å²) >= 11 is 0. The first-order valence-corrected chi connectivity index (χ1v) is 9.02. The molecule has 0 spiro atoms. The van der Waals surface area contributed by atoms with Crippen molar-refractivity contribution in [1.82, 2.24) is 5.48 Å². The molecular formula is C21H25N3O3.